The first-order valence-electron chi connectivity index (χ1n) is 5.34. The van der Waals surface area contributed by atoms with Crippen LogP contribution in [0.5, 0.6) is 0 Å². The van der Waals surface area contributed by atoms with Crippen molar-refractivity contribution < 1.29 is 4.74 Å². The molecule has 0 amide bonds. The maximum Gasteiger partial charge on any atom is 0.282 e. The van der Waals surface area contributed by atoms with Crippen LogP contribution in [0.3, 0.4) is 0 Å². The molecule has 1 heterocycles. The van der Waals surface area contributed by atoms with Crippen LogP contribution >= 0.6 is 0 Å². The summed E-state index contributed by atoms with van der Waals surface area (Å²) in [7, 11) is 0. The van der Waals surface area contributed by atoms with Crippen LogP contribution in [0.2, 0.25) is 0 Å². The molecule has 1 aromatic carbocycles. The van der Waals surface area contributed by atoms with Crippen molar-refractivity contribution in [1.82, 2.24) is 0 Å². The minimum absolute atomic E-state index is 0.197. The van der Waals surface area contributed by atoms with Gasteiger partial charge in [0.1, 0.15) is 6.61 Å². The Morgan fingerprint density at radius 1 is 1.33 bits per heavy atom. The number of hydrogen-bond acceptors (Lipinski definition) is 3. The summed E-state index contributed by atoms with van der Waals surface area (Å²) in [6.45, 7) is 4.61. The maximum atomic E-state index is 5.41. The molecule has 1 unspecified atom stereocenters. The molecule has 0 spiro atoms. The molecule has 1 atom stereocenters. The molecule has 0 radical (unpaired) electrons. The van der Waals surface area contributed by atoms with Crippen LogP contribution in [-0.2, 0) is 11.2 Å². The van der Waals surface area contributed by atoms with Gasteiger partial charge in [0, 0.05) is 0 Å². The molecule has 15 heavy (non-hydrogen) atoms. The second-order valence-corrected chi connectivity index (χ2v) is 3.12. The summed E-state index contributed by atoms with van der Waals surface area (Å²) < 4.78 is 5.07. The van der Waals surface area contributed by atoms with E-state index in [9.17, 15) is 0 Å². The lowest BCUT2D eigenvalue weighted by atomic mass is 10.1. The molecule has 1 aromatic rings. The van der Waals surface area contributed by atoms with E-state index in [1.165, 1.54) is 5.56 Å². The van der Waals surface area contributed by atoms with E-state index < -0.39 is 0 Å². The van der Waals surface area contributed by atoms with E-state index in [0.717, 1.165) is 6.42 Å². The molecule has 0 saturated heterocycles. The average Bonchev–Trinajstić information content (AvgIpc) is 2.68. The maximum absolute atomic E-state index is 5.41. The first-order valence-corrected chi connectivity index (χ1v) is 5.34. The number of benzene rings is 1. The SMILES string of the molecule is CC.NC1=NC(Cc2ccccc2)CO1. The van der Waals surface area contributed by atoms with Gasteiger partial charge in [-0.2, -0.15) is 0 Å². The van der Waals surface area contributed by atoms with Crippen LogP contribution in [0.1, 0.15) is 19.4 Å². The third-order valence-electron chi connectivity index (χ3n) is 2.05. The van der Waals surface area contributed by atoms with E-state index in [-0.39, 0.29) is 6.04 Å². The van der Waals surface area contributed by atoms with Gasteiger partial charge in [-0.1, -0.05) is 44.2 Å². The molecule has 82 valence electrons. The predicted molar refractivity (Wildman–Crippen MR) is 62.9 cm³/mol. The van der Waals surface area contributed by atoms with Crippen molar-refractivity contribution in [2.24, 2.45) is 10.7 Å². The van der Waals surface area contributed by atoms with Crippen LogP contribution in [0.25, 0.3) is 0 Å². The summed E-state index contributed by atoms with van der Waals surface area (Å²) in [4.78, 5) is 4.16. The lowest BCUT2D eigenvalue weighted by Gasteiger charge is -2.03. The van der Waals surface area contributed by atoms with Crippen molar-refractivity contribution in [3.05, 3.63) is 35.9 Å². The van der Waals surface area contributed by atoms with Gasteiger partial charge in [0.2, 0.25) is 0 Å². The van der Waals surface area contributed by atoms with Gasteiger partial charge in [-0.3, -0.25) is 0 Å². The zero-order chi connectivity index (χ0) is 11.1. The lowest BCUT2D eigenvalue weighted by molar-refractivity contribution is 0.312. The van der Waals surface area contributed by atoms with Gasteiger partial charge in [0.15, 0.2) is 0 Å². The molecular formula is C12H18N2O. The number of ether oxygens (including phenoxy) is 1. The van der Waals surface area contributed by atoms with Crippen molar-refractivity contribution in [2.45, 2.75) is 26.3 Å². The highest BCUT2D eigenvalue weighted by Crippen LogP contribution is 2.09. The number of amidine groups is 1. The van der Waals surface area contributed by atoms with E-state index in [1.54, 1.807) is 0 Å². The number of nitrogens with zero attached hydrogens (tertiary/aromatic N) is 1. The molecule has 1 aliphatic rings. The summed E-state index contributed by atoms with van der Waals surface area (Å²) in [6, 6.07) is 10.7. The highest BCUT2D eigenvalue weighted by atomic mass is 16.5. The Morgan fingerprint density at radius 3 is 2.53 bits per heavy atom. The predicted octanol–water partition coefficient (Wildman–Crippen LogP) is 1.97. The van der Waals surface area contributed by atoms with Crippen molar-refractivity contribution in [2.75, 3.05) is 6.61 Å². The zero-order valence-electron chi connectivity index (χ0n) is 9.31. The molecular weight excluding hydrogens is 188 g/mol. The monoisotopic (exact) mass is 206 g/mol. The smallest absolute Gasteiger partial charge is 0.282 e. The summed E-state index contributed by atoms with van der Waals surface area (Å²) in [6.07, 6.45) is 0.904. The molecule has 0 aromatic heterocycles. The first-order chi connectivity index (χ1) is 7.34. The van der Waals surface area contributed by atoms with Crippen molar-refractivity contribution in [3.63, 3.8) is 0 Å². The fourth-order valence-electron chi connectivity index (χ4n) is 1.43. The van der Waals surface area contributed by atoms with E-state index in [4.69, 9.17) is 10.5 Å². The van der Waals surface area contributed by atoms with Crippen LogP contribution in [0, 0.1) is 0 Å². The number of nitrogens with two attached hydrogens (primary N) is 1. The Hall–Kier alpha value is -1.51. The third kappa shape index (κ3) is 3.62. The van der Waals surface area contributed by atoms with Crippen molar-refractivity contribution in [1.29, 1.82) is 0 Å². The quantitative estimate of drug-likeness (QED) is 0.804. The van der Waals surface area contributed by atoms with Gasteiger partial charge in [-0.05, 0) is 12.0 Å². The second-order valence-electron chi connectivity index (χ2n) is 3.12. The van der Waals surface area contributed by atoms with Crippen LogP contribution in [-0.4, -0.2) is 18.7 Å². The van der Waals surface area contributed by atoms with Gasteiger partial charge in [0.05, 0.1) is 6.04 Å². The van der Waals surface area contributed by atoms with Gasteiger partial charge in [-0.15, -0.1) is 0 Å². The first kappa shape index (κ1) is 11.6. The van der Waals surface area contributed by atoms with Gasteiger partial charge in [-0.25, -0.2) is 4.99 Å². The Balaban J connectivity index is 0.000000531. The second kappa shape index (κ2) is 6.06. The van der Waals surface area contributed by atoms with Gasteiger partial charge in [0.25, 0.3) is 6.02 Å². The Kier molecular flexibility index (Phi) is 4.68. The summed E-state index contributed by atoms with van der Waals surface area (Å²) in [5.41, 5.74) is 6.68. The molecule has 2 rings (SSSR count). The van der Waals surface area contributed by atoms with Gasteiger partial charge >= 0.3 is 0 Å². The molecule has 2 N–H and O–H groups in total. The van der Waals surface area contributed by atoms with E-state index >= 15 is 0 Å². The van der Waals surface area contributed by atoms with Crippen LogP contribution in [0.4, 0.5) is 0 Å². The summed E-state index contributed by atoms with van der Waals surface area (Å²) >= 11 is 0. The lowest BCUT2D eigenvalue weighted by Crippen LogP contribution is -2.11. The highest BCUT2D eigenvalue weighted by molar-refractivity contribution is 5.73. The van der Waals surface area contributed by atoms with E-state index in [0.29, 0.717) is 12.6 Å². The molecule has 0 fully saturated rings. The topological polar surface area (TPSA) is 47.6 Å². The number of aliphatic imine (C=N–C) groups is 1. The summed E-state index contributed by atoms with van der Waals surface area (Å²) in [5.74, 6) is 0. The average molecular weight is 206 g/mol. The number of rotatable bonds is 2. The molecule has 0 aliphatic carbocycles. The normalized spacial score (nSPS) is 18.5. The fraction of sp³-hybridized carbons (Fsp3) is 0.417. The summed E-state index contributed by atoms with van der Waals surface area (Å²) in [5, 5.41) is 0. The molecule has 3 nitrogen and oxygen atoms in total. The standard InChI is InChI=1S/C10H12N2O.C2H6/c11-10-12-9(7-13-10)6-8-4-2-1-3-5-8;1-2/h1-5,9H,6-7H2,(H2,11,12);1-2H3. The largest absolute Gasteiger partial charge is 0.463 e. The van der Waals surface area contributed by atoms with Crippen LogP contribution < -0.4 is 5.73 Å². The number of hydrogen-bond donors (Lipinski definition) is 1. The third-order valence-corrected chi connectivity index (χ3v) is 2.05. The molecule has 0 saturated carbocycles. The molecule has 3 heteroatoms. The van der Waals surface area contributed by atoms with Crippen LogP contribution in [0.15, 0.2) is 35.3 Å². The Bertz CT molecular complexity index is 309. The molecule has 1 aliphatic heterocycles. The highest BCUT2D eigenvalue weighted by Gasteiger charge is 2.16. The van der Waals surface area contributed by atoms with E-state index in [2.05, 4.69) is 17.1 Å². The van der Waals surface area contributed by atoms with Gasteiger partial charge < -0.3 is 10.5 Å². The minimum Gasteiger partial charge on any atom is -0.463 e. The Labute approximate surface area is 91.0 Å². The Morgan fingerprint density at radius 2 is 2.00 bits per heavy atom. The van der Waals surface area contributed by atoms with Crippen molar-refractivity contribution in [3.8, 4) is 0 Å². The molecule has 0 bridgehead atoms. The fourth-order valence-corrected chi connectivity index (χ4v) is 1.43. The van der Waals surface area contributed by atoms with E-state index in [1.807, 2.05) is 32.0 Å². The van der Waals surface area contributed by atoms with Crippen molar-refractivity contribution >= 4 is 6.02 Å². The minimum atomic E-state index is 0.197. The zero-order valence-corrected chi connectivity index (χ0v) is 9.31.